The molecule has 0 aromatic heterocycles. The highest BCUT2D eigenvalue weighted by Gasteiger charge is 2.09. The Morgan fingerprint density at radius 1 is 1.12 bits per heavy atom. The lowest BCUT2D eigenvalue weighted by Crippen LogP contribution is -2.12. The van der Waals surface area contributed by atoms with Crippen LogP contribution in [-0.4, -0.2) is 4.98 Å². The molecule has 1 aromatic carbocycles. The third kappa shape index (κ3) is 1.27. The molecule has 1 heterocycles. The van der Waals surface area contributed by atoms with Crippen LogP contribution >= 0.6 is 11.3 Å². The number of rotatable bonds is 0. The lowest BCUT2D eigenvalue weighted by molar-refractivity contribution is 1.23. The molecule has 0 fully saturated rings. The monoisotopic (exact) mass is 227 g/mol. The second kappa shape index (κ2) is 3.28. The maximum atomic E-state index is 7.88. The fraction of sp³-hybridized carbons (Fsp3) is 0. The molecule has 1 aromatic rings. The first-order chi connectivity index (χ1) is 7.75. The Morgan fingerprint density at radius 2 is 1.94 bits per heavy atom. The lowest BCUT2D eigenvalue weighted by atomic mass is 10.2. The van der Waals surface area contributed by atoms with E-state index in [0.29, 0.717) is 16.7 Å². The number of anilines is 1. The van der Waals surface area contributed by atoms with Crippen LogP contribution in [0.25, 0.3) is 20.8 Å². The highest BCUT2D eigenvalue weighted by atomic mass is 32.1. The zero-order valence-corrected chi connectivity index (χ0v) is 9.21. The lowest BCUT2D eigenvalue weighted by Gasteiger charge is -2.06. The number of nitrogens with zero attached hydrogens (tertiary/aromatic N) is 1. The number of nitrogens with one attached hydrogen (secondary N) is 1. The number of aromatic nitrogens is 1. The van der Waals surface area contributed by atoms with E-state index in [-0.39, 0.29) is 0 Å². The number of para-hydroxylation sites is 1. The second-order valence-electron chi connectivity index (χ2n) is 3.56. The molecule has 3 nitrogen and oxygen atoms in total. The van der Waals surface area contributed by atoms with Crippen LogP contribution in [0.15, 0.2) is 36.4 Å². The van der Waals surface area contributed by atoms with Crippen molar-refractivity contribution < 1.29 is 0 Å². The third-order valence-electron chi connectivity index (χ3n) is 2.49. The fourth-order valence-corrected chi connectivity index (χ4v) is 2.64. The maximum absolute atomic E-state index is 7.88. The summed E-state index contributed by atoms with van der Waals surface area (Å²) in [5, 5.41) is 8.20. The quantitative estimate of drug-likeness (QED) is 0.457. The van der Waals surface area contributed by atoms with Crippen LogP contribution in [0.5, 0.6) is 0 Å². The van der Waals surface area contributed by atoms with Gasteiger partial charge in [-0.25, -0.2) is 4.98 Å². The van der Waals surface area contributed by atoms with Crippen molar-refractivity contribution in [2.75, 3.05) is 5.73 Å². The Labute approximate surface area is 96.0 Å². The Hall–Kier alpha value is -1.94. The molecule has 0 radical (unpaired) electrons. The molecule has 78 valence electrons. The predicted molar refractivity (Wildman–Crippen MR) is 66.5 cm³/mol. The molecule has 1 aliphatic heterocycles. The van der Waals surface area contributed by atoms with Crippen molar-refractivity contribution in [3.05, 3.63) is 41.8 Å². The van der Waals surface area contributed by atoms with Gasteiger partial charge in [0.2, 0.25) is 0 Å². The summed E-state index contributed by atoms with van der Waals surface area (Å²) in [4.78, 5) is 5.48. The molecule has 0 bridgehead atoms. The molecule has 3 rings (SSSR count). The molecule has 0 atom stereocenters. The zero-order chi connectivity index (χ0) is 11.1. The van der Waals surface area contributed by atoms with Gasteiger partial charge in [0.1, 0.15) is 11.1 Å². The van der Waals surface area contributed by atoms with Crippen molar-refractivity contribution in [3.8, 4) is 10.6 Å². The van der Waals surface area contributed by atoms with Gasteiger partial charge in [-0.1, -0.05) is 12.1 Å². The predicted octanol–water partition coefficient (Wildman–Crippen LogP) is 2.46. The van der Waals surface area contributed by atoms with E-state index in [1.807, 2.05) is 30.3 Å². The van der Waals surface area contributed by atoms with E-state index in [1.165, 1.54) is 0 Å². The molecule has 0 unspecified atom stereocenters. The number of benzene rings is 2. The second-order valence-corrected chi connectivity index (χ2v) is 4.64. The minimum Gasteiger partial charge on any atom is -0.397 e. The SMILES string of the molecule is N=c1c(N)ccc2sc3ccccc3nc1-2. The van der Waals surface area contributed by atoms with Crippen LogP contribution in [0.4, 0.5) is 5.69 Å². The topological polar surface area (TPSA) is 62.8 Å². The molecule has 0 amide bonds. The number of nitrogen functional groups attached to an aromatic ring is 1. The van der Waals surface area contributed by atoms with Crippen molar-refractivity contribution >= 4 is 27.2 Å². The minimum absolute atomic E-state index is 0.319. The molecule has 4 heteroatoms. The average molecular weight is 227 g/mol. The molecule has 16 heavy (non-hydrogen) atoms. The van der Waals surface area contributed by atoms with Crippen molar-refractivity contribution in [3.63, 3.8) is 0 Å². The Morgan fingerprint density at radius 3 is 2.81 bits per heavy atom. The molecule has 0 spiro atoms. The molecule has 2 aliphatic rings. The number of hydrogen-bond donors (Lipinski definition) is 2. The molecule has 0 saturated carbocycles. The van der Waals surface area contributed by atoms with Crippen LogP contribution < -0.4 is 11.1 Å². The van der Waals surface area contributed by atoms with Crippen molar-refractivity contribution in [1.82, 2.24) is 4.98 Å². The van der Waals surface area contributed by atoms with Crippen molar-refractivity contribution in [2.45, 2.75) is 0 Å². The van der Waals surface area contributed by atoms with Gasteiger partial charge in [-0.15, -0.1) is 11.3 Å². The van der Waals surface area contributed by atoms with E-state index in [4.69, 9.17) is 11.1 Å². The van der Waals surface area contributed by atoms with Gasteiger partial charge in [0.25, 0.3) is 0 Å². The summed E-state index contributed by atoms with van der Waals surface area (Å²) in [7, 11) is 0. The van der Waals surface area contributed by atoms with E-state index in [0.717, 1.165) is 15.1 Å². The van der Waals surface area contributed by atoms with E-state index in [2.05, 4.69) is 4.98 Å². The fourth-order valence-electron chi connectivity index (χ4n) is 1.66. The van der Waals surface area contributed by atoms with E-state index in [1.54, 1.807) is 17.4 Å². The van der Waals surface area contributed by atoms with Crippen LogP contribution in [0, 0.1) is 5.41 Å². The normalized spacial score (nSPS) is 11.0. The van der Waals surface area contributed by atoms with Crippen molar-refractivity contribution in [1.29, 1.82) is 5.41 Å². The largest absolute Gasteiger partial charge is 0.397 e. The van der Waals surface area contributed by atoms with Crippen molar-refractivity contribution in [2.24, 2.45) is 0 Å². The van der Waals surface area contributed by atoms with E-state index >= 15 is 0 Å². The van der Waals surface area contributed by atoms with Gasteiger partial charge in [0, 0.05) is 0 Å². The van der Waals surface area contributed by atoms with Crippen LogP contribution in [0.2, 0.25) is 0 Å². The Kier molecular flexibility index (Phi) is 1.91. The van der Waals surface area contributed by atoms with Gasteiger partial charge in [-0.05, 0) is 24.3 Å². The summed E-state index contributed by atoms with van der Waals surface area (Å²) >= 11 is 1.64. The van der Waals surface area contributed by atoms with Gasteiger partial charge >= 0.3 is 0 Å². The van der Waals surface area contributed by atoms with Crippen LogP contribution in [-0.2, 0) is 0 Å². The van der Waals surface area contributed by atoms with Gasteiger partial charge in [-0.2, -0.15) is 0 Å². The molecular weight excluding hydrogens is 218 g/mol. The van der Waals surface area contributed by atoms with E-state index in [9.17, 15) is 0 Å². The van der Waals surface area contributed by atoms with Gasteiger partial charge in [-0.3, -0.25) is 5.41 Å². The maximum Gasteiger partial charge on any atom is 0.108 e. The standard InChI is InChI=1S/C12H9N3S/c13-7-5-6-10-12(11(7)14)15-8-3-1-2-4-9(8)16-10/h1-6,14H,13H2. The molecular formula is C12H9N3S. The van der Waals surface area contributed by atoms with Gasteiger partial charge in [0.05, 0.1) is 20.8 Å². The third-order valence-corrected chi connectivity index (χ3v) is 3.61. The van der Waals surface area contributed by atoms with Gasteiger partial charge < -0.3 is 5.73 Å². The molecule has 0 saturated heterocycles. The summed E-state index contributed by atoms with van der Waals surface area (Å²) in [6.45, 7) is 0. The van der Waals surface area contributed by atoms with E-state index < -0.39 is 0 Å². The summed E-state index contributed by atoms with van der Waals surface area (Å²) in [6.07, 6.45) is 0. The Bertz CT molecular complexity index is 702. The summed E-state index contributed by atoms with van der Waals surface area (Å²) in [6, 6.07) is 11.6. The number of hydrogen-bond acceptors (Lipinski definition) is 4. The first-order valence-electron chi connectivity index (χ1n) is 4.88. The number of fused-ring (bicyclic) bond motifs is 2. The number of nitrogens with two attached hydrogens (primary N) is 1. The minimum atomic E-state index is 0.319. The smallest absolute Gasteiger partial charge is 0.108 e. The summed E-state index contributed by atoms with van der Waals surface area (Å²) in [5.74, 6) is 0. The summed E-state index contributed by atoms with van der Waals surface area (Å²) < 4.78 is 1.12. The zero-order valence-electron chi connectivity index (χ0n) is 8.40. The van der Waals surface area contributed by atoms with Gasteiger partial charge in [0.15, 0.2) is 0 Å². The first kappa shape index (κ1) is 9.30. The highest BCUT2D eigenvalue weighted by Crippen LogP contribution is 2.28. The van der Waals surface area contributed by atoms with Crippen LogP contribution in [0.3, 0.4) is 0 Å². The molecule has 3 N–H and O–H groups in total. The Balaban J connectivity index is 2.53. The molecule has 1 aliphatic carbocycles. The average Bonchev–Trinajstić information content (AvgIpc) is 2.32. The highest BCUT2D eigenvalue weighted by molar-refractivity contribution is 7.21. The van der Waals surface area contributed by atoms with Crippen LogP contribution in [0.1, 0.15) is 0 Å². The first-order valence-corrected chi connectivity index (χ1v) is 5.70. The summed E-state index contributed by atoms with van der Waals surface area (Å²) in [5.41, 5.74) is 7.78.